The van der Waals surface area contributed by atoms with Gasteiger partial charge in [0.15, 0.2) is 11.6 Å². The number of nitrogens with zero attached hydrogens (tertiary/aromatic N) is 1. The van der Waals surface area contributed by atoms with Crippen molar-refractivity contribution in [2.75, 3.05) is 7.11 Å². The second-order valence-corrected chi connectivity index (χ2v) is 6.02. The lowest BCUT2D eigenvalue weighted by Crippen LogP contribution is -2.43. The molecule has 3 rings (SSSR count). The number of hydrogen-bond donors (Lipinski definition) is 1. The van der Waals surface area contributed by atoms with Crippen LogP contribution >= 0.6 is 0 Å². The molecule has 5 nitrogen and oxygen atoms in total. The number of carbonyl (C=O) groups excluding carboxylic acids is 2. The topological polar surface area (TPSA) is 58.6 Å². The number of methoxy groups -OCH3 is 1. The van der Waals surface area contributed by atoms with Gasteiger partial charge in [-0.3, -0.25) is 9.69 Å². The van der Waals surface area contributed by atoms with Crippen LogP contribution < -0.4 is 10.1 Å². The molecule has 1 fully saturated rings. The van der Waals surface area contributed by atoms with E-state index in [9.17, 15) is 18.4 Å². The normalized spacial score (nSPS) is 19.6. The maximum absolute atomic E-state index is 13.9. The molecule has 2 aromatic carbocycles. The van der Waals surface area contributed by atoms with Crippen LogP contribution in [0, 0.1) is 11.6 Å². The van der Waals surface area contributed by atoms with Crippen LogP contribution in [0.3, 0.4) is 0 Å². The van der Waals surface area contributed by atoms with Gasteiger partial charge in [0, 0.05) is 5.56 Å². The summed E-state index contributed by atoms with van der Waals surface area (Å²) in [7, 11) is 1.53. The molecule has 0 spiro atoms. The van der Waals surface area contributed by atoms with Crippen LogP contribution in [0.15, 0.2) is 42.5 Å². The standard InChI is InChI=1S/C19H18F2N2O3/c1-3-19(13-7-9-14(26-2)10-8-13)17(24)23(18(25)22-19)11-12-5-4-6-15(20)16(12)21/h4-10H,3,11H2,1-2H3,(H,22,25). The van der Waals surface area contributed by atoms with E-state index in [1.165, 1.54) is 19.2 Å². The van der Waals surface area contributed by atoms with E-state index < -0.39 is 29.1 Å². The first-order valence-corrected chi connectivity index (χ1v) is 8.14. The van der Waals surface area contributed by atoms with Crippen molar-refractivity contribution in [2.45, 2.75) is 25.4 Å². The van der Waals surface area contributed by atoms with Gasteiger partial charge in [-0.1, -0.05) is 31.2 Å². The molecule has 1 saturated heterocycles. The van der Waals surface area contributed by atoms with E-state index in [4.69, 9.17) is 4.74 Å². The van der Waals surface area contributed by atoms with Gasteiger partial charge in [0.25, 0.3) is 5.91 Å². The quantitative estimate of drug-likeness (QED) is 0.832. The highest BCUT2D eigenvalue weighted by molar-refractivity contribution is 6.07. The number of nitrogens with one attached hydrogen (secondary N) is 1. The van der Waals surface area contributed by atoms with Crippen molar-refractivity contribution in [1.29, 1.82) is 0 Å². The van der Waals surface area contributed by atoms with Crippen LogP contribution in [0.4, 0.5) is 13.6 Å². The maximum atomic E-state index is 13.9. The van der Waals surface area contributed by atoms with Gasteiger partial charge in [-0.2, -0.15) is 0 Å². The van der Waals surface area contributed by atoms with Gasteiger partial charge in [0.2, 0.25) is 0 Å². The van der Waals surface area contributed by atoms with Gasteiger partial charge in [0.05, 0.1) is 13.7 Å². The SMILES string of the molecule is CCC1(c2ccc(OC)cc2)NC(=O)N(Cc2cccc(F)c2F)C1=O. The molecule has 1 unspecified atom stereocenters. The number of halogens is 2. The molecule has 0 aromatic heterocycles. The third-order valence-corrected chi connectivity index (χ3v) is 4.65. The Kier molecular flexibility index (Phi) is 4.63. The van der Waals surface area contributed by atoms with Crippen molar-refractivity contribution in [1.82, 2.24) is 10.2 Å². The zero-order valence-corrected chi connectivity index (χ0v) is 14.4. The Labute approximate surface area is 149 Å². The van der Waals surface area contributed by atoms with Crippen LogP contribution in [0.2, 0.25) is 0 Å². The molecule has 0 aliphatic carbocycles. The lowest BCUT2D eigenvalue weighted by molar-refractivity contribution is -0.132. The molecule has 0 bridgehead atoms. The van der Waals surface area contributed by atoms with E-state index in [1.54, 1.807) is 31.2 Å². The van der Waals surface area contributed by atoms with Crippen molar-refractivity contribution >= 4 is 11.9 Å². The Hall–Kier alpha value is -2.96. The summed E-state index contributed by atoms with van der Waals surface area (Å²) in [6, 6.07) is 9.82. The minimum atomic E-state index is -1.24. The van der Waals surface area contributed by atoms with Crippen molar-refractivity contribution in [3.05, 3.63) is 65.2 Å². The summed E-state index contributed by atoms with van der Waals surface area (Å²) < 4.78 is 32.5. The summed E-state index contributed by atoms with van der Waals surface area (Å²) in [6.45, 7) is 1.43. The van der Waals surface area contributed by atoms with Crippen LogP contribution in [0.5, 0.6) is 5.75 Å². The molecule has 0 saturated carbocycles. The Morgan fingerprint density at radius 2 is 1.81 bits per heavy atom. The zero-order chi connectivity index (χ0) is 18.9. The minimum Gasteiger partial charge on any atom is -0.497 e. The molecule has 136 valence electrons. The van der Waals surface area contributed by atoms with Crippen LogP contribution in [0.25, 0.3) is 0 Å². The average Bonchev–Trinajstić information content (AvgIpc) is 2.90. The molecule has 1 N–H and O–H groups in total. The molecule has 1 atom stereocenters. The second kappa shape index (κ2) is 6.74. The van der Waals surface area contributed by atoms with Crippen molar-refractivity contribution in [3.63, 3.8) is 0 Å². The number of urea groups is 1. The fraction of sp³-hybridized carbons (Fsp3) is 0.263. The summed E-state index contributed by atoms with van der Waals surface area (Å²) in [5.74, 6) is -1.97. The number of ether oxygens (including phenoxy) is 1. The Morgan fingerprint density at radius 1 is 1.12 bits per heavy atom. The molecule has 2 aromatic rings. The van der Waals surface area contributed by atoms with Crippen molar-refractivity contribution in [2.24, 2.45) is 0 Å². The maximum Gasteiger partial charge on any atom is 0.325 e. The fourth-order valence-electron chi connectivity index (χ4n) is 3.13. The van der Waals surface area contributed by atoms with E-state index >= 15 is 0 Å². The number of rotatable bonds is 5. The highest BCUT2D eigenvalue weighted by Crippen LogP contribution is 2.34. The summed E-state index contributed by atoms with van der Waals surface area (Å²) in [5, 5.41) is 2.71. The summed E-state index contributed by atoms with van der Waals surface area (Å²) in [6.07, 6.45) is 0.312. The van der Waals surface area contributed by atoms with Gasteiger partial charge < -0.3 is 10.1 Å². The van der Waals surface area contributed by atoms with Crippen molar-refractivity contribution < 1.29 is 23.1 Å². The Morgan fingerprint density at radius 3 is 2.42 bits per heavy atom. The third kappa shape index (κ3) is 2.79. The van der Waals surface area contributed by atoms with E-state index in [2.05, 4.69) is 5.32 Å². The Balaban J connectivity index is 1.94. The van der Waals surface area contributed by atoms with E-state index in [1.807, 2.05) is 0 Å². The largest absolute Gasteiger partial charge is 0.497 e. The van der Waals surface area contributed by atoms with E-state index in [-0.39, 0.29) is 12.1 Å². The average molecular weight is 360 g/mol. The predicted molar refractivity (Wildman–Crippen MR) is 90.4 cm³/mol. The summed E-state index contributed by atoms with van der Waals surface area (Å²) >= 11 is 0. The van der Waals surface area contributed by atoms with Gasteiger partial charge in [-0.25, -0.2) is 13.6 Å². The first-order chi connectivity index (χ1) is 12.4. The number of hydrogen-bond acceptors (Lipinski definition) is 3. The molecule has 3 amide bonds. The fourth-order valence-corrected chi connectivity index (χ4v) is 3.13. The molecule has 1 aliphatic heterocycles. The third-order valence-electron chi connectivity index (χ3n) is 4.65. The lowest BCUT2D eigenvalue weighted by atomic mass is 9.87. The van der Waals surface area contributed by atoms with Gasteiger partial charge in [-0.15, -0.1) is 0 Å². The van der Waals surface area contributed by atoms with E-state index in [0.29, 0.717) is 17.7 Å². The molecule has 1 heterocycles. The zero-order valence-electron chi connectivity index (χ0n) is 14.4. The number of amides is 3. The van der Waals surface area contributed by atoms with Crippen LogP contribution in [-0.2, 0) is 16.9 Å². The molecule has 26 heavy (non-hydrogen) atoms. The van der Waals surface area contributed by atoms with Gasteiger partial charge in [0.1, 0.15) is 11.3 Å². The molecular weight excluding hydrogens is 342 g/mol. The van der Waals surface area contributed by atoms with Crippen molar-refractivity contribution in [3.8, 4) is 5.75 Å². The first-order valence-electron chi connectivity index (χ1n) is 8.14. The second-order valence-electron chi connectivity index (χ2n) is 6.02. The van der Waals surface area contributed by atoms with Gasteiger partial charge >= 0.3 is 6.03 Å². The Bertz CT molecular complexity index is 854. The molecule has 7 heteroatoms. The predicted octanol–water partition coefficient (Wildman–Crippen LogP) is 3.33. The minimum absolute atomic E-state index is 0.0601. The highest BCUT2D eigenvalue weighted by Gasteiger charge is 2.51. The summed E-state index contributed by atoms with van der Waals surface area (Å²) in [4.78, 5) is 26.3. The summed E-state index contributed by atoms with van der Waals surface area (Å²) in [5.41, 5.74) is -0.704. The van der Waals surface area contributed by atoms with E-state index in [0.717, 1.165) is 11.0 Å². The molecular formula is C19H18F2N2O3. The highest BCUT2D eigenvalue weighted by atomic mass is 19.2. The molecule has 1 aliphatic rings. The number of imide groups is 1. The first kappa shape index (κ1) is 17.8. The van der Waals surface area contributed by atoms with Gasteiger partial charge in [-0.05, 0) is 30.2 Å². The lowest BCUT2D eigenvalue weighted by Gasteiger charge is -2.26. The van der Waals surface area contributed by atoms with Crippen LogP contribution in [-0.4, -0.2) is 23.9 Å². The monoisotopic (exact) mass is 360 g/mol. The van der Waals surface area contributed by atoms with Crippen LogP contribution in [0.1, 0.15) is 24.5 Å². The molecule has 0 radical (unpaired) electrons. The smallest absolute Gasteiger partial charge is 0.325 e. The number of carbonyl (C=O) groups is 2. The number of benzene rings is 2.